The first-order chi connectivity index (χ1) is 13.1. The number of benzene rings is 3. The number of fused-ring (bicyclic) bond motifs is 5. The van der Waals surface area contributed by atoms with Crippen LogP contribution in [0.3, 0.4) is 0 Å². The summed E-state index contributed by atoms with van der Waals surface area (Å²) in [6.45, 7) is 10.8. The molecule has 1 heteroatoms. The second-order valence-electron chi connectivity index (χ2n) is 7.39. The van der Waals surface area contributed by atoms with E-state index in [0.717, 1.165) is 17.0 Å². The highest BCUT2D eigenvalue weighted by atomic mass is 14.9. The Balaban J connectivity index is 1.82. The number of hydrogen-bond donors (Lipinski definition) is 1. The molecule has 1 N–H and O–H groups in total. The van der Waals surface area contributed by atoms with Crippen molar-refractivity contribution >= 4 is 11.3 Å². The lowest BCUT2D eigenvalue weighted by molar-refractivity contribution is 0.702. The third-order valence-corrected chi connectivity index (χ3v) is 6.00. The van der Waals surface area contributed by atoms with E-state index in [4.69, 9.17) is 0 Å². The van der Waals surface area contributed by atoms with E-state index in [9.17, 15) is 0 Å². The van der Waals surface area contributed by atoms with Crippen molar-refractivity contribution < 1.29 is 0 Å². The summed E-state index contributed by atoms with van der Waals surface area (Å²) in [4.78, 5) is 0. The summed E-state index contributed by atoms with van der Waals surface area (Å²) in [6, 6.07) is 25.9. The molecule has 0 saturated carbocycles. The highest BCUT2D eigenvalue weighted by Gasteiger charge is 2.47. The summed E-state index contributed by atoms with van der Waals surface area (Å²) < 4.78 is 0. The molecule has 0 radical (unpaired) electrons. The monoisotopic (exact) mass is 347 g/mol. The molecule has 0 bridgehead atoms. The van der Waals surface area contributed by atoms with E-state index in [2.05, 4.69) is 98.2 Å². The van der Waals surface area contributed by atoms with Crippen LogP contribution in [0.1, 0.15) is 23.6 Å². The lowest BCUT2D eigenvalue weighted by atomic mass is 9.70. The molecular weight excluding hydrogens is 326 g/mol. The molecule has 27 heavy (non-hydrogen) atoms. The van der Waals surface area contributed by atoms with E-state index in [1.807, 2.05) is 6.08 Å². The van der Waals surface area contributed by atoms with Crippen LogP contribution in [0.15, 0.2) is 103 Å². The van der Waals surface area contributed by atoms with Crippen molar-refractivity contribution in [3.8, 4) is 11.1 Å². The van der Waals surface area contributed by atoms with Gasteiger partial charge in [0.15, 0.2) is 0 Å². The van der Waals surface area contributed by atoms with E-state index < -0.39 is 0 Å². The van der Waals surface area contributed by atoms with Crippen molar-refractivity contribution in [2.45, 2.75) is 12.3 Å². The number of rotatable bonds is 2. The molecule has 0 amide bonds. The number of allylic oxidation sites excluding steroid dienone is 3. The molecule has 1 heterocycles. The molecule has 5 rings (SSSR count). The Morgan fingerprint density at radius 2 is 1.59 bits per heavy atom. The van der Waals surface area contributed by atoms with Crippen LogP contribution in [0.5, 0.6) is 0 Å². The van der Waals surface area contributed by atoms with Gasteiger partial charge in [0.1, 0.15) is 0 Å². The largest absolute Gasteiger partial charge is 0.355 e. The predicted octanol–water partition coefficient (Wildman–Crippen LogP) is 6.55. The zero-order valence-corrected chi connectivity index (χ0v) is 15.4. The van der Waals surface area contributed by atoms with Crippen LogP contribution in [0.2, 0.25) is 0 Å². The van der Waals surface area contributed by atoms with Gasteiger partial charge in [-0.05, 0) is 64.1 Å². The van der Waals surface area contributed by atoms with Gasteiger partial charge < -0.3 is 5.32 Å². The fourth-order valence-electron chi connectivity index (χ4n) is 4.70. The minimum Gasteiger partial charge on any atom is -0.355 e. The van der Waals surface area contributed by atoms with Gasteiger partial charge >= 0.3 is 0 Å². The molecule has 130 valence electrons. The number of anilines is 1. The third kappa shape index (κ3) is 2.06. The zero-order chi connectivity index (χ0) is 18.6. The van der Waals surface area contributed by atoms with Crippen molar-refractivity contribution in [3.63, 3.8) is 0 Å². The Labute approximate surface area is 160 Å². The van der Waals surface area contributed by atoms with E-state index in [1.165, 1.54) is 33.4 Å². The van der Waals surface area contributed by atoms with E-state index in [1.54, 1.807) is 0 Å². The molecule has 3 aromatic rings. The smallest absolute Gasteiger partial charge is 0.0476 e. The van der Waals surface area contributed by atoms with Gasteiger partial charge in [0, 0.05) is 16.8 Å². The Morgan fingerprint density at radius 3 is 2.37 bits per heavy atom. The van der Waals surface area contributed by atoms with E-state index >= 15 is 0 Å². The molecule has 1 aliphatic heterocycles. The van der Waals surface area contributed by atoms with Crippen LogP contribution >= 0.6 is 0 Å². The van der Waals surface area contributed by atoms with Crippen LogP contribution in [0.4, 0.5) is 5.69 Å². The number of nitrogens with one attached hydrogen (secondary N) is 1. The average molecular weight is 347 g/mol. The second kappa shape index (κ2) is 5.59. The maximum absolute atomic E-state index is 4.43. The standard InChI is InChI=1S/C26H21N/c1-4-23-25-17(2)20-12-8-9-13-21(20)26(25,3)22-16-19(14-15-24(22)27-23)18-10-6-5-7-11-18/h4-16,27H,1-2H2,3H3. The summed E-state index contributed by atoms with van der Waals surface area (Å²) in [5, 5.41) is 3.59. The van der Waals surface area contributed by atoms with Crippen molar-refractivity contribution in [1.82, 2.24) is 0 Å². The Bertz CT molecular complexity index is 1130. The highest BCUT2D eigenvalue weighted by Crippen LogP contribution is 2.57. The molecule has 3 aromatic carbocycles. The zero-order valence-electron chi connectivity index (χ0n) is 15.4. The maximum atomic E-state index is 4.43. The predicted molar refractivity (Wildman–Crippen MR) is 115 cm³/mol. The van der Waals surface area contributed by atoms with Gasteiger partial charge in [0.2, 0.25) is 0 Å². The van der Waals surface area contributed by atoms with Gasteiger partial charge in [0.05, 0.1) is 0 Å². The first-order valence-electron chi connectivity index (χ1n) is 9.28. The molecule has 2 aliphatic rings. The quantitative estimate of drug-likeness (QED) is 0.554. The van der Waals surface area contributed by atoms with Crippen LogP contribution in [0, 0.1) is 0 Å². The maximum Gasteiger partial charge on any atom is 0.0476 e. The minimum atomic E-state index is -0.234. The molecule has 1 nitrogen and oxygen atoms in total. The Morgan fingerprint density at radius 1 is 0.852 bits per heavy atom. The minimum absolute atomic E-state index is 0.234. The SMILES string of the molecule is C=CC1=C2C(=C)c3ccccc3C2(C)c2cc(-c3ccccc3)ccc2N1. The molecule has 1 atom stereocenters. The first-order valence-corrected chi connectivity index (χ1v) is 9.28. The fourth-order valence-corrected chi connectivity index (χ4v) is 4.70. The average Bonchev–Trinajstić information content (AvgIpc) is 2.96. The summed E-state index contributed by atoms with van der Waals surface area (Å²) in [5.74, 6) is 0. The van der Waals surface area contributed by atoms with Gasteiger partial charge in [-0.25, -0.2) is 0 Å². The normalized spacial score (nSPS) is 19.8. The summed E-state index contributed by atoms with van der Waals surface area (Å²) in [6.07, 6.45) is 1.92. The first kappa shape index (κ1) is 15.9. The van der Waals surface area contributed by atoms with Crippen LogP contribution in [0.25, 0.3) is 16.7 Å². The van der Waals surface area contributed by atoms with Gasteiger partial charge in [-0.3, -0.25) is 0 Å². The fraction of sp³-hybridized carbons (Fsp3) is 0.0769. The summed E-state index contributed by atoms with van der Waals surface area (Å²) in [5.41, 5.74) is 10.6. The summed E-state index contributed by atoms with van der Waals surface area (Å²) >= 11 is 0. The molecule has 0 aromatic heterocycles. The molecule has 0 saturated heterocycles. The van der Waals surface area contributed by atoms with Crippen molar-refractivity contribution in [3.05, 3.63) is 120 Å². The molecule has 0 fully saturated rings. The lowest BCUT2D eigenvalue weighted by Gasteiger charge is -2.37. The second-order valence-corrected chi connectivity index (χ2v) is 7.39. The Hall–Kier alpha value is -3.32. The van der Waals surface area contributed by atoms with Crippen molar-refractivity contribution in [2.24, 2.45) is 0 Å². The lowest BCUT2D eigenvalue weighted by Crippen LogP contribution is -2.30. The molecule has 1 aliphatic carbocycles. The summed E-state index contributed by atoms with van der Waals surface area (Å²) in [7, 11) is 0. The van der Waals surface area contributed by atoms with Crippen LogP contribution in [-0.4, -0.2) is 0 Å². The van der Waals surface area contributed by atoms with Gasteiger partial charge in [-0.2, -0.15) is 0 Å². The molecular formula is C26H21N. The molecule has 0 spiro atoms. The highest BCUT2D eigenvalue weighted by molar-refractivity contribution is 5.95. The van der Waals surface area contributed by atoms with Crippen molar-refractivity contribution in [1.29, 1.82) is 0 Å². The Kier molecular flexibility index (Phi) is 3.29. The van der Waals surface area contributed by atoms with E-state index in [-0.39, 0.29) is 5.41 Å². The molecule has 1 unspecified atom stereocenters. The third-order valence-electron chi connectivity index (χ3n) is 6.00. The van der Waals surface area contributed by atoms with Gasteiger partial charge in [-0.15, -0.1) is 0 Å². The van der Waals surface area contributed by atoms with Gasteiger partial charge in [0.25, 0.3) is 0 Å². The van der Waals surface area contributed by atoms with Crippen LogP contribution < -0.4 is 5.32 Å². The number of hydrogen-bond acceptors (Lipinski definition) is 1. The van der Waals surface area contributed by atoms with Crippen molar-refractivity contribution in [2.75, 3.05) is 5.32 Å². The van der Waals surface area contributed by atoms with Crippen LogP contribution in [-0.2, 0) is 5.41 Å². The van der Waals surface area contributed by atoms with Gasteiger partial charge in [-0.1, -0.05) is 73.8 Å². The van der Waals surface area contributed by atoms with E-state index in [0.29, 0.717) is 0 Å². The topological polar surface area (TPSA) is 12.0 Å².